The Labute approximate surface area is 170 Å². The minimum atomic E-state index is -0.658. The number of rotatable bonds is 5. The zero-order chi connectivity index (χ0) is 19.6. The third-order valence-electron chi connectivity index (χ3n) is 5.86. The maximum atomic E-state index is 13.5. The van der Waals surface area contributed by atoms with Crippen LogP contribution in [0.3, 0.4) is 0 Å². The predicted molar refractivity (Wildman–Crippen MR) is 115 cm³/mol. The van der Waals surface area contributed by atoms with Crippen LogP contribution in [0.4, 0.5) is 0 Å². The zero-order valence-corrected chi connectivity index (χ0v) is 17.0. The molecule has 3 N–H and O–H groups in total. The third kappa shape index (κ3) is 3.96. The summed E-state index contributed by atoms with van der Waals surface area (Å²) in [5, 5.41) is 4.31. The van der Waals surface area contributed by atoms with Gasteiger partial charge in [-0.2, -0.15) is 0 Å². The van der Waals surface area contributed by atoms with E-state index in [0.29, 0.717) is 6.42 Å². The van der Waals surface area contributed by atoms with Gasteiger partial charge in [-0.25, -0.2) is 4.98 Å². The molecule has 1 atom stereocenters. The van der Waals surface area contributed by atoms with Crippen molar-refractivity contribution in [2.75, 3.05) is 0 Å². The van der Waals surface area contributed by atoms with Crippen LogP contribution < -0.4 is 11.1 Å². The van der Waals surface area contributed by atoms with Crippen molar-refractivity contribution >= 4 is 27.5 Å². The second kappa shape index (κ2) is 8.02. The number of nitrogens with zero attached hydrogens (tertiary/aromatic N) is 1. The average Bonchev–Trinajstić information content (AvgIpc) is 3.12. The Hall–Kier alpha value is -2.24. The fourth-order valence-electron chi connectivity index (χ4n) is 4.03. The fraction of sp³-hybridized carbons (Fsp3) is 0.391. The number of hydrogen-bond donors (Lipinski definition) is 2. The molecule has 1 heterocycles. The molecule has 1 fully saturated rings. The van der Waals surface area contributed by atoms with Crippen LogP contribution in [0.15, 0.2) is 54.6 Å². The highest BCUT2D eigenvalue weighted by molar-refractivity contribution is 7.18. The van der Waals surface area contributed by atoms with Crippen LogP contribution in [0.2, 0.25) is 0 Å². The summed E-state index contributed by atoms with van der Waals surface area (Å²) in [6.45, 7) is 2.04. The van der Waals surface area contributed by atoms with Gasteiger partial charge in [-0.1, -0.05) is 42.5 Å². The minimum absolute atomic E-state index is 0.0819. The molecule has 0 saturated heterocycles. The van der Waals surface area contributed by atoms with E-state index in [9.17, 15) is 4.79 Å². The molecule has 0 bridgehead atoms. The first kappa shape index (κ1) is 19.1. The smallest absolute Gasteiger partial charge is 0.231 e. The quantitative estimate of drug-likeness (QED) is 0.683. The first-order valence-electron chi connectivity index (χ1n) is 10.0. The molecule has 1 aliphatic rings. The molecule has 0 spiro atoms. The summed E-state index contributed by atoms with van der Waals surface area (Å²) in [6, 6.07) is 18.7. The molecule has 0 aliphatic heterocycles. The number of fused-ring (bicyclic) bond motifs is 1. The highest BCUT2D eigenvalue weighted by atomic mass is 32.1. The van der Waals surface area contributed by atoms with Crippen molar-refractivity contribution in [1.29, 1.82) is 0 Å². The lowest BCUT2D eigenvalue weighted by atomic mass is 9.78. The molecule has 1 amide bonds. The van der Waals surface area contributed by atoms with E-state index in [1.807, 2.05) is 55.5 Å². The van der Waals surface area contributed by atoms with Gasteiger partial charge in [0.15, 0.2) is 0 Å². The molecule has 1 unspecified atom stereocenters. The zero-order valence-electron chi connectivity index (χ0n) is 16.2. The Morgan fingerprint density at radius 1 is 1.11 bits per heavy atom. The van der Waals surface area contributed by atoms with Crippen molar-refractivity contribution in [2.24, 2.45) is 5.73 Å². The Balaban J connectivity index is 1.61. The molecular weight excluding hydrogens is 366 g/mol. The van der Waals surface area contributed by atoms with Gasteiger partial charge in [-0.15, -0.1) is 11.3 Å². The summed E-state index contributed by atoms with van der Waals surface area (Å²) >= 11 is 1.67. The van der Waals surface area contributed by atoms with Gasteiger partial charge in [0, 0.05) is 18.5 Å². The molecule has 5 heteroatoms. The topological polar surface area (TPSA) is 68.0 Å². The monoisotopic (exact) mass is 393 g/mol. The van der Waals surface area contributed by atoms with Crippen LogP contribution in [0, 0.1) is 0 Å². The minimum Gasteiger partial charge on any atom is -0.353 e. The normalized spacial score (nSPS) is 21.9. The van der Waals surface area contributed by atoms with Crippen LogP contribution in [0.5, 0.6) is 0 Å². The van der Waals surface area contributed by atoms with Crippen LogP contribution in [-0.4, -0.2) is 23.0 Å². The van der Waals surface area contributed by atoms with E-state index in [2.05, 4.69) is 11.4 Å². The van der Waals surface area contributed by atoms with Gasteiger partial charge in [0.05, 0.1) is 20.6 Å². The lowest BCUT2D eigenvalue weighted by molar-refractivity contribution is -0.127. The Morgan fingerprint density at radius 3 is 2.50 bits per heavy atom. The molecular formula is C23H27N3OS. The highest BCUT2D eigenvalue weighted by Gasteiger charge is 2.37. The number of aromatic nitrogens is 1. The van der Waals surface area contributed by atoms with Crippen molar-refractivity contribution in [2.45, 2.75) is 56.5 Å². The van der Waals surface area contributed by atoms with Crippen LogP contribution in [-0.2, 0) is 16.6 Å². The molecule has 4 rings (SSSR count). The second-order valence-electron chi connectivity index (χ2n) is 8.04. The molecule has 1 saturated carbocycles. The number of hydrogen-bond acceptors (Lipinski definition) is 4. The predicted octanol–water partition coefficient (Wildman–Crippen LogP) is 4.18. The molecule has 3 aromatic rings. The third-order valence-corrected chi connectivity index (χ3v) is 6.90. The van der Waals surface area contributed by atoms with Crippen molar-refractivity contribution in [3.8, 4) is 0 Å². The summed E-state index contributed by atoms with van der Waals surface area (Å²) in [6.07, 6.45) is 4.46. The lowest BCUT2D eigenvalue weighted by Crippen LogP contribution is -2.49. The summed E-state index contributed by atoms with van der Waals surface area (Å²) < 4.78 is 1.16. The van der Waals surface area contributed by atoms with E-state index in [1.165, 1.54) is 0 Å². The summed E-state index contributed by atoms with van der Waals surface area (Å²) in [5.41, 5.74) is 7.39. The van der Waals surface area contributed by atoms with E-state index in [-0.39, 0.29) is 18.0 Å². The number of nitrogens with two attached hydrogens (primary N) is 1. The van der Waals surface area contributed by atoms with Gasteiger partial charge in [0.1, 0.15) is 0 Å². The molecule has 4 nitrogen and oxygen atoms in total. The molecule has 146 valence electrons. The van der Waals surface area contributed by atoms with Crippen molar-refractivity contribution in [3.05, 3.63) is 65.2 Å². The van der Waals surface area contributed by atoms with Crippen molar-refractivity contribution in [3.63, 3.8) is 0 Å². The number of amides is 1. The Kier molecular flexibility index (Phi) is 5.47. The van der Waals surface area contributed by atoms with Crippen LogP contribution in [0.1, 0.15) is 43.2 Å². The maximum absolute atomic E-state index is 13.5. The highest BCUT2D eigenvalue weighted by Crippen LogP contribution is 2.33. The first-order valence-corrected chi connectivity index (χ1v) is 10.8. The molecule has 1 aliphatic carbocycles. The first-order chi connectivity index (χ1) is 13.5. The van der Waals surface area contributed by atoms with Crippen molar-refractivity contribution < 1.29 is 4.79 Å². The number of thiazole rings is 1. The van der Waals surface area contributed by atoms with E-state index in [4.69, 9.17) is 10.7 Å². The fourth-order valence-corrected chi connectivity index (χ4v) is 5.15. The Bertz CT molecular complexity index is 914. The van der Waals surface area contributed by atoms with Crippen molar-refractivity contribution in [1.82, 2.24) is 10.3 Å². The number of carbonyl (C=O) groups excluding carboxylic acids is 1. The second-order valence-corrected chi connectivity index (χ2v) is 9.15. The maximum Gasteiger partial charge on any atom is 0.231 e. The van der Waals surface area contributed by atoms with E-state index < -0.39 is 5.41 Å². The number of para-hydroxylation sites is 1. The van der Waals surface area contributed by atoms with E-state index in [1.54, 1.807) is 11.3 Å². The summed E-state index contributed by atoms with van der Waals surface area (Å²) in [5.74, 6) is 0.0819. The van der Waals surface area contributed by atoms with Gasteiger partial charge in [0.2, 0.25) is 5.91 Å². The summed E-state index contributed by atoms with van der Waals surface area (Å²) in [4.78, 5) is 18.3. The molecule has 2 aromatic carbocycles. The molecule has 0 radical (unpaired) electrons. The number of carbonyl (C=O) groups is 1. The Morgan fingerprint density at radius 2 is 1.79 bits per heavy atom. The van der Waals surface area contributed by atoms with Gasteiger partial charge < -0.3 is 11.1 Å². The molecule has 28 heavy (non-hydrogen) atoms. The van der Waals surface area contributed by atoms with Gasteiger partial charge in [-0.05, 0) is 50.3 Å². The van der Waals surface area contributed by atoms with E-state index in [0.717, 1.165) is 46.5 Å². The molecule has 1 aromatic heterocycles. The van der Waals surface area contributed by atoms with Crippen LogP contribution >= 0.6 is 11.3 Å². The number of benzene rings is 2. The van der Waals surface area contributed by atoms with Gasteiger partial charge in [-0.3, -0.25) is 4.79 Å². The standard InChI is InChI=1S/C23H27N3OS/c1-23(16-7-3-2-4-8-16,22(27)25-18-13-11-17(24)12-14-18)15-21-26-19-9-5-6-10-20(19)28-21/h2-10,17-18H,11-15,24H2,1H3,(H,25,27). The van der Waals surface area contributed by atoms with E-state index >= 15 is 0 Å². The van der Waals surface area contributed by atoms with Gasteiger partial charge in [0.25, 0.3) is 0 Å². The lowest BCUT2D eigenvalue weighted by Gasteiger charge is -2.33. The number of nitrogens with one attached hydrogen (secondary N) is 1. The SMILES string of the molecule is CC(Cc1nc2ccccc2s1)(C(=O)NC1CCC(N)CC1)c1ccccc1. The van der Waals surface area contributed by atoms with Crippen LogP contribution in [0.25, 0.3) is 10.2 Å². The summed E-state index contributed by atoms with van der Waals surface area (Å²) in [7, 11) is 0. The average molecular weight is 394 g/mol. The largest absolute Gasteiger partial charge is 0.353 e. The van der Waals surface area contributed by atoms with Gasteiger partial charge >= 0.3 is 0 Å².